The first-order valence-corrected chi connectivity index (χ1v) is 13.5. The van der Waals surface area contributed by atoms with Gasteiger partial charge in [0.05, 0.1) is 23.2 Å². The number of carboxylic acids is 1. The normalized spacial score (nSPS) is 13.6. The smallest absolute Gasteiger partial charge is 0.306 e. The summed E-state index contributed by atoms with van der Waals surface area (Å²) in [6, 6.07) is 22.3. The molecule has 1 aliphatic rings. The highest BCUT2D eigenvalue weighted by Gasteiger charge is 2.26. The number of aromatic nitrogens is 2. The number of piperidine rings is 1. The number of carboxylic acid groups (broad SMARTS) is 1. The molecule has 0 saturated carbocycles. The summed E-state index contributed by atoms with van der Waals surface area (Å²) in [7, 11) is 0. The third kappa shape index (κ3) is 5.81. The standard InChI is InChI=1S/C33H32N4O3/c1-21-4-9-31(29(16-21)30-10-13-35-33(36-30)37-14-11-25(12-15-37)32(38)39)40-20-27-7-6-26(18-22(27)2)28-8-5-24(19-34)17-23(28)3/h4-10,13,16-18,25H,11-12,14-15,20H2,1-3H3,(H,38,39). The number of anilines is 1. The Kier molecular flexibility index (Phi) is 7.79. The number of nitrogens with zero attached hydrogens (tertiary/aromatic N) is 4. The van der Waals surface area contributed by atoms with Crippen LogP contribution in [0.2, 0.25) is 0 Å². The van der Waals surface area contributed by atoms with Gasteiger partial charge in [-0.25, -0.2) is 9.97 Å². The predicted molar refractivity (Wildman–Crippen MR) is 155 cm³/mol. The summed E-state index contributed by atoms with van der Waals surface area (Å²) < 4.78 is 6.36. The lowest BCUT2D eigenvalue weighted by Crippen LogP contribution is -2.37. The van der Waals surface area contributed by atoms with Gasteiger partial charge in [0.2, 0.25) is 5.95 Å². The van der Waals surface area contributed by atoms with E-state index in [2.05, 4.69) is 47.1 Å². The number of carbonyl (C=O) groups is 1. The van der Waals surface area contributed by atoms with E-state index in [1.54, 1.807) is 6.20 Å². The largest absolute Gasteiger partial charge is 0.488 e. The minimum atomic E-state index is -0.731. The maximum Gasteiger partial charge on any atom is 0.306 e. The summed E-state index contributed by atoms with van der Waals surface area (Å²) in [6.45, 7) is 7.80. The fourth-order valence-corrected chi connectivity index (χ4v) is 5.19. The van der Waals surface area contributed by atoms with Gasteiger partial charge in [0.15, 0.2) is 0 Å². The van der Waals surface area contributed by atoms with Crippen LogP contribution in [0.5, 0.6) is 5.75 Å². The first-order valence-electron chi connectivity index (χ1n) is 13.5. The van der Waals surface area contributed by atoms with E-state index >= 15 is 0 Å². The van der Waals surface area contributed by atoms with Crippen molar-refractivity contribution in [2.24, 2.45) is 5.92 Å². The van der Waals surface area contributed by atoms with Crippen LogP contribution < -0.4 is 9.64 Å². The molecule has 5 rings (SSSR count). The number of ether oxygens (including phenoxy) is 1. The van der Waals surface area contributed by atoms with Crippen LogP contribution in [0.1, 0.15) is 40.7 Å². The van der Waals surface area contributed by atoms with Crippen molar-refractivity contribution in [3.8, 4) is 34.2 Å². The lowest BCUT2D eigenvalue weighted by atomic mass is 9.96. The summed E-state index contributed by atoms with van der Waals surface area (Å²) in [5.41, 5.74) is 8.94. The van der Waals surface area contributed by atoms with Gasteiger partial charge in [-0.05, 0) is 91.8 Å². The number of hydrogen-bond donors (Lipinski definition) is 1. The molecule has 1 aromatic heterocycles. The van der Waals surface area contributed by atoms with E-state index in [1.165, 1.54) is 0 Å². The topological polar surface area (TPSA) is 99.3 Å². The number of benzene rings is 3. The summed E-state index contributed by atoms with van der Waals surface area (Å²) >= 11 is 0. The van der Waals surface area contributed by atoms with Crippen LogP contribution in [0.25, 0.3) is 22.4 Å². The fourth-order valence-electron chi connectivity index (χ4n) is 5.19. The molecule has 1 saturated heterocycles. The van der Waals surface area contributed by atoms with Gasteiger partial charge in [-0.1, -0.05) is 35.9 Å². The van der Waals surface area contributed by atoms with Crippen LogP contribution >= 0.6 is 0 Å². The summed E-state index contributed by atoms with van der Waals surface area (Å²) in [6.07, 6.45) is 2.93. The van der Waals surface area contributed by atoms with Crippen molar-refractivity contribution >= 4 is 11.9 Å². The molecule has 0 radical (unpaired) electrons. The number of nitriles is 1. The molecule has 7 heteroatoms. The number of hydrogen-bond acceptors (Lipinski definition) is 6. The Balaban J connectivity index is 1.35. The molecule has 2 heterocycles. The molecule has 0 unspecified atom stereocenters. The second-order valence-electron chi connectivity index (χ2n) is 10.4. The zero-order valence-electron chi connectivity index (χ0n) is 23.0. The predicted octanol–water partition coefficient (Wildman–Crippen LogP) is 6.49. The molecule has 202 valence electrons. The number of aryl methyl sites for hydroxylation is 3. The summed E-state index contributed by atoms with van der Waals surface area (Å²) in [4.78, 5) is 22.7. The highest BCUT2D eigenvalue weighted by molar-refractivity contribution is 5.71. The third-order valence-electron chi connectivity index (χ3n) is 7.57. The van der Waals surface area contributed by atoms with Crippen molar-refractivity contribution in [3.63, 3.8) is 0 Å². The molecule has 0 aliphatic carbocycles. The molecule has 1 N–H and O–H groups in total. The van der Waals surface area contributed by atoms with Crippen molar-refractivity contribution in [3.05, 3.63) is 94.7 Å². The second kappa shape index (κ2) is 11.6. The van der Waals surface area contributed by atoms with Gasteiger partial charge in [-0.2, -0.15) is 5.26 Å². The van der Waals surface area contributed by atoms with Crippen LogP contribution in [0, 0.1) is 38.0 Å². The summed E-state index contributed by atoms with van der Waals surface area (Å²) in [5.74, 6) is 0.316. The van der Waals surface area contributed by atoms with Crippen molar-refractivity contribution in [2.75, 3.05) is 18.0 Å². The van der Waals surface area contributed by atoms with Crippen LogP contribution in [0.3, 0.4) is 0 Å². The van der Waals surface area contributed by atoms with E-state index in [4.69, 9.17) is 9.72 Å². The molecular weight excluding hydrogens is 500 g/mol. The summed E-state index contributed by atoms with van der Waals surface area (Å²) in [5, 5.41) is 18.5. The van der Waals surface area contributed by atoms with Crippen LogP contribution in [0.15, 0.2) is 66.9 Å². The SMILES string of the molecule is Cc1ccc(OCc2ccc(-c3ccc(C#N)cc3C)cc2C)c(-c2ccnc(N3CCC(C(=O)O)CC3)n2)c1. The Morgan fingerprint density at radius 3 is 2.50 bits per heavy atom. The molecule has 0 amide bonds. The van der Waals surface area contributed by atoms with E-state index in [0.29, 0.717) is 44.0 Å². The number of aliphatic carboxylic acids is 1. The lowest BCUT2D eigenvalue weighted by Gasteiger charge is -2.30. The maximum atomic E-state index is 11.3. The highest BCUT2D eigenvalue weighted by Crippen LogP contribution is 2.33. The van der Waals surface area contributed by atoms with Gasteiger partial charge in [-0.3, -0.25) is 4.79 Å². The van der Waals surface area contributed by atoms with Crippen molar-refractivity contribution in [1.82, 2.24) is 9.97 Å². The zero-order chi connectivity index (χ0) is 28.2. The zero-order valence-corrected chi connectivity index (χ0v) is 23.0. The minimum Gasteiger partial charge on any atom is -0.488 e. The molecule has 0 bridgehead atoms. The Labute approximate surface area is 234 Å². The Hall–Kier alpha value is -4.70. The quantitative estimate of drug-likeness (QED) is 0.290. The molecule has 0 spiro atoms. The molecule has 40 heavy (non-hydrogen) atoms. The van der Waals surface area contributed by atoms with Gasteiger partial charge >= 0.3 is 5.97 Å². The molecule has 3 aromatic carbocycles. The lowest BCUT2D eigenvalue weighted by molar-refractivity contribution is -0.142. The monoisotopic (exact) mass is 532 g/mol. The van der Waals surface area contributed by atoms with E-state index < -0.39 is 5.97 Å². The van der Waals surface area contributed by atoms with E-state index in [0.717, 1.165) is 50.4 Å². The second-order valence-corrected chi connectivity index (χ2v) is 10.4. The van der Waals surface area contributed by atoms with E-state index in [9.17, 15) is 15.2 Å². The Morgan fingerprint density at radius 2 is 1.80 bits per heavy atom. The molecular formula is C33H32N4O3. The molecule has 1 aliphatic heterocycles. The first kappa shape index (κ1) is 26.9. The maximum absolute atomic E-state index is 11.3. The minimum absolute atomic E-state index is 0.304. The number of rotatable bonds is 7. The average Bonchev–Trinajstić information content (AvgIpc) is 2.97. The van der Waals surface area contributed by atoms with E-state index in [1.807, 2.05) is 50.2 Å². The van der Waals surface area contributed by atoms with Gasteiger partial charge < -0.3 is 14.7 Å². The van der Waals surface area contributed by atoms with Gasteiger partial charge in [0.25, 0.3) is 0 Å². The first-order chi connectivity index (χ1) is 19.3. The third-order valence-corrected chi connectivity index (χ3v) is 7.57. The fraction of sp³-hybridized carbons (Fsp3) is 0.273. The van der Waals surface area contributed by atoms with Crippen molar-refractivity contribution in [2.45, 2.75) is 40.2 Å². The van der Waals surface area contributed by atoms with Gasteiger partial charge in [0.1, 0.15) is 12.4 Å². The average molecular weight is 533 g/mol. The van der Waals surface area contributed by atoms with E-state index in [-0.39, 0.29) is 5.92 Å². The van der Waals surface area contributed by atoms with Crippen LogP contribution in [0.4, 0.5) is 5.95 Å². The Morgan fingerprint density at radius 1 is 1.00 bits per heavy atom. The molecule has 7 nitrogen and oxygen atoms in total. The van der Waals surface area contributed by atoms with Crippen LogP contribution in [-0.2, 0) is 11.4 Å². The molecule has 1 fully saturated rings. The van der Waals surface area contributed by atoms with Crippen LogP contribution in [-0.4, -0.2) is 34.1 Å². The highest BCUT2D eigenvalue weighted by atomic mass is 16.5. The molecule has 4 aromatic rings. The van der Waals surface area contributed by atoms with Gasteiger partial charge in [0, 0.05) is 24.8 Å². The van der Waals surface area contributed by atoms with Crippen molar-refractivity contribution < 1.29 is 14.6 Å². The molecule has 0 atom stereocenters. The van der Waals surface area contributed by atoms with Gasteiger partial charge in [-0.15, -0.1) is 0 Å². The van der Waals surface area contributed by atoms with Crippen molar-refractivity contribution in [1.29, 1.82) is 5.26 Å². The Bertz CT molecular complexity index is 1600.